The van der Waals surface area contributed by atoms with Gasteiger partial charge in [-0.25, -0.2) is 0 Å². The Morgan fingerprint density at radius 3 is 2.59 bits per heavy atom. The molecule has 0 aliphatic carbocycles. The number of hydrogen-bond donors (Lipinski definition) is 1. The lowest BCUT2D eigenvalue weighted by Gasteiger charge is -2.01. The summed E-state index contributed by atoms with van der Waals surface area (Å²) in [5.41, 5.74) is 3.95. The number of amides is 1. The predicted octanol–water partition coefficient (Wildman–Crippen LogP) is 4.95. The smallest absolute Gasteiger partial charge is 0.249 e. The molecule has 5 rings (SSSR count). The van der Waals surface area contributed by atoms with Crippen LogP contribution in [0.4, 0.5) is 5.82 Å². The number of thiophene rings is 1. The second kappa shape index (κ2) is 10.1. The van der Waals surface area contributed by atoms with Gasteiger partial charge in [0, 0.05) is 42.5 Å². The minimum absolute atomic E-state index is 0.250. The SMILES string of the molecule is O=C(C=Cc1cn(Cc2ccccc2)nc1-c1cccs1)Nc1ccn(Cc2cccnc2)n1. The van der Waals surface area contributed by atoms with E-state index < -0.39 is 0 Å². The molecule has 0 radical (unpaired) electrons. The number of nitrogens with zero attached hydrogens (tertiary/aromatic N) is 5. The summed E-state index contributed by atoms with van der Waals surface area (Å²) >= 11 is 1.62. The second-order valence-corrected chi connectivity index (χ2v) is 8.62. The van der Waals surface area contributed by atoms with Crippen LogP contribution in [0.15, 0.2) is 96.9 Å². The van der Waals surface area contributed by atoms with Gasteiger partial charge in [-0.15, -0.1) is 11.3 Å². The summed E-state index contributed by atoms with van der Waals surface area (Å²) in [7, 11) is 0. The molecule has 0 fully saturated rings. The number of benzene rings is 1. The number of hydrogen-bond acceptors (Lipinski definition) is 5. The summed E-state index contributed by atoms with van der Waals surface area (Å²) < 4.78 is 3.67. The molecule has 1 N–H and O–H groups in total. The first-order valence-electron chi connectivity index (χ1n) is 10.8. The number of pyridine rings is 1. The van der Waals surface area contributed by atoms with Crippen molar-refractivity contribution in [3.05, 3.63) is 114 Å². The van der Waals surface area contributed by atoms with Crippen LogP contribution in [0.25, 0.3) is 16.6 Å². The Hall–Kier alpha value is -4.30. The fraction of sp³-hybridized carbons (Fsp3) is 0.0769. The zero-order chi connectivity index (χ0) is 23.2. The van der Waals surface area contributed by atoms with E-state index in [4.69, 9.17) is 5.10 Å². The normalized spacial score (nSPS) is 11.2. The molecule has 168 valence electrons. The molecule has 4 aromatic heterocycles. The lowest BCUT2D eigenvalue weighted by atomic mass is 10.2. The highest BCUT2D eigenvalue weighted by Gasteiger charge is 2.11. The first kappa shape index (κ1) is 21.5. The fourth-order valence-electron chi connectivity index (χ4n) is 3.54. The Balaban J connectivity index is 1.29. The van der Waals surface area contributed by atoms with Crippen molar-refractivity contribution < 1.29 is 4.79 Å². The summed E-state index contributed by atoms with van der Waals surface area (Å²) in [6, 6.07) is 19.9. The molecular weight excluding hydrogens is 444 g/mol. The second-order valence-electron chi connectivity index (χ2n) is 7.68. The molecule has 0 bridgehead atoms. The highest BCUT2D eigenvalue weighted by molar-refractivity contribution is 7.13. The zero-order valence-corrected chi connectivity index (χ0v) is 19.1. The maximum atomic E-state index is 12.6. The maximum Gasteiger partial charge on any atom is 0.249 e. The Bertz CT molecular complexity index is 1390. The van der Waals surface area contributed by atoms with E-state index in [1.54, 1.807) is 40.6 Å². The summed E-state index contributed by atoms with van der Waals surface area (Å²) in [6.07, 6.45) is 10.6. The van der Waals surface area contributed by atoms with Gasteiger partial charge >= 0.3 is 0 Å². The van der Waals surface area contributed by atoms with Crippen molar-refractivity contribution >= 4 is 29.1 Å². The molecule has 0 aliphatic heterocycles. The standard InChI is InChI=1S/C26H22N6OS/c33-25(28-24-12-14-31(29-24)18-21-8-4-13-27-16-21)11-10-22-19-32(17-20-6-2-1-3-7-20)30-26(22)23-9-5-15-34-23/h1-16,19H,17-18H2,(H,28,29,33). The van der Waals surface area contributed by atoms with E-state index in [2.05, 4.69) is 27.5 Å². The molecule has 0 aliphatic rings. The average molecular weight is 467 g/mol. The molecule has 8 heteroatoms. The lowest BCUT2D eigenvalue weighted by molar-refractivity contribution is -0.111. The van der Waals surface area contributed by atoms with Crippen molar-refractivity contribution in [2.75, 3.05) is 5.32 Å². The highest BCUT2D eigenvalue weighted by Crippen LogP contribution is 2.27. The van der Waals surface area contributed by atoms with Crippen LogP contribution in [0.1, 0.15) is 16.7 Å². The molecule has 0 atom stereocenters. The molecule has 34 heavy (non-hydrogen) atoms. The monoisotopic (exact) mass is 466 g/mol. The van der Waals surface area contributed by atoms with Crippen LogP contribution in [0.3, 0.4) is 0 Å². The summed E-state index contributed by atoms with van der Waals surface area (Å²) in [5.74, 6) is 0.247. The number of carbonyl (C=O) groups is 1. The van der Waals surface area contributed by atoms with Gasteiger partial charge in [0.15, 0.2) is 5.82 Å². The summed E-state index contributed by atoms with van der Waals surface area (Å²) in [6.45, 7) is 1.25. The van der Waals surface area contributed by atoms with E-state index in [1.807, 2.05) is 64.9 Å². The van der Waals surface area contributed by atoms with Crippen LogP contribution in [-0.2, 0) is 17.9 Å². The summed E-state index contributed by atoms with van der Waals surface area (Å²) in [5, 5.41) is 14.0. The lowest BCUT2D eigenvalue weighted by Crippen LogP contribution is -2.09. The molecule has 1 aromatic carbocycles. The van der Waals surface area contributed by atoms with E-state index in [0.717, 1.165) is 27.3 Å². The molecule has 0 saturated heterocycles. The first-order valence-corrected chi connectivity index (χ1v) is 11.7. The number of aromatic nitrogens is 5. The molecule has 7 nitrogen and oxygen atoms in total. The van der Waals surface area contributed by atoms with Crippen molar-refractivity contribution in [3.63, 3.8) is 0 Å². The maximum absolute atomic E-state index is 12.6. The highest BCUT2D eigenvalue weighted by atomic mass is 32.1. The number of nitrogens with one attached hydrogen (secondary N) is 1. The van der Waals surface area contributed by atoms with Gasteiger partial charge in [0.05, 0.1) is 18.0 Å². The van der Waals surface area contributed by atoms with E-state index in [-0.39, 0.29) is 5.91 Å². The Kier molecular flexibility index (Phi) is 6.40. The van der Waals surface area contributed by atoms with Crippen LogP contribution in [0.2, 0.25) is 0 Å². The third kappa shape index (κ3) is 5.36. The molecule has 0 spiro atoms. The number of rotatable bonds is 8. The average Bonchev–Trinajstić information content (AvgIpc) is 3.61. The Morgan fingerprint density at radius 2 is 1.79 bits per heavy atom. The van der Waals surface area contributed by atoms with Crippen LogP contribution in [0, 0.1) is 0 Å². The molecule has 1 amide bonds. The van der Waals surface area contributed by atoms with Crippen molar-refractivity contribution in [1.82, 2.24) is 24.5 Å². The van der Waals surface area contributed by atoms with Gasteiger partial charge in [0.2, 0.25) is 5.91 Å². The molecule has 4 heterocycles. The molecule has 0 unspecified atom stereocenters. The van der Waals surface area contributed by atoms with Crippen molar-refractivity contribution in [1.29, 1.82) is 0 Å². The van der Waals surface area contributed by atoms with Gasteiger partial charge in [-0.3, -0.25) is 19.1 Å². The third-order valence-electron chi connectivity index (χ3n) is 5.11. The third-order valence-corrected chi connectivity index (χ3v) is 5.98. The topological polar surface area (TPSA) is 77.6 Å². The quantitative estimate of drug-likeness (QED) is 0.328. The minimum Gasteiger partial charge on any atom is -0.306 e. The van der Waals surface area contributed by atoms with Crippen LogP contribution in [-0.4, -0.2) is 30.5 Å². The molecular formula is C26H22N6OS. The number of anilines is 1. The van der Waals surface area contributed by atoms with Crippen LogP contribution < -0.4 is 5.32 Å². The molecule has 0 saturated carbocycles. The van der Waals surface area contributed by atoms with Gasteiger partial charge in [-0.2, -0.15) is 10.2 Å². The van der Waals surface area contributed by atoms with Gasteiger partial charge in [0.25, 0.3) is 0 Å². The van der Waals surface area contributed by atoms with Gasteiger partial charge < -0.3 is 5.32 Å². The van der Waals surface area contributed by atoms with E-state index in [1.165, 1.54) is 6.08 Å². The van der Waals surface area contributed by atoms with Crippen LogP contribution in [0.5, 0.6) is 0 Å². The fourth-order valence-corrected chi connectivity index (χ4v) is 4.27. The predicted molar refractivity (Wildman–Crippen MR) is 134 cm³/mol. The van der Waals surface area contributed by atoms with E-state index in [9.17, 15) is 4.79 Å². The van der Waals surface area contributed by atoms with Crippen molar-refractivity contribution in [2.24, 2.45) is 0 Å². The molecule has 5 aromatic rings. The minimum atomic E-state index is -0.250. The largest absolute Gasteiger partial charge is 0.306 e. The zero-order valence-electron chi connectivity index (χ0n) is 18.3. The summed E-state index contributed by atoms with van der Waals surface area (Å²) in [4.78, 5) is 17.7. The number of carbonyl (C=O) groups excluding carboxylic acids is 1. The van der Waals surface area contributed by atoms with E-state index in [0.29, 0.717) is 18.9 Å². The van der Waals surface area contributed by atoms with Crippen molar-refractivity contribution in [2.45, 2.75) is 13.1 Å². The first-order chi connectivity index (χ1) is 16.7. The Labute approximate surface area is 201 Å². The van der Waals surface area contributed by atoms with Gasteiger partial charge in [-0.05, 0) is 34.7 Å². The van der Waals surface area contributed by atoms with Gasteiger partial charge in [0.1, 0.15) is 5.69 Å². The van der Waals surface area contributed by atoms with Crippen molar-refractivity contribution in [3.8, 4) is 10.6 Å². The van der Waals surface area contributed by atoms with Gasteiger partial charge in [-0.1, -0.05) is 42.5 Å². The van der Waals surface area contributed by atoms with E-state index >= 15 is 0 Å². The van der Waals surface area contributed by atoms with Crippen LogP contribution >= 0.6 is 11.3 Å². The Morgan fingerprint density at radius 1 is 0.941 bits per heavy atom.